The van der Waals surface area contributed by atoms with Crippen LogP contribution in [0.2, 0.25) is 0 Å². The zero-order valence-corrected chi connectivity index (χ0v) is 17.3. The Balaban J connectivity index is 0.00000288. The molecule has 0 aliphatic rings. The first-order valence-electron chi connectivity index (χ1n) is 7.53. The number of nitrogens with one attached hydrogen (secondary N) is 2. The Morgan fingerprint density at radius 3 is 2.62 bits per heavy atom. The number of benzene rings is 1. The molecule has 4 nitrogen and oxygen atoms in total. The third-order valence-electron chi connectivity index (χ3n) is 3.42. The van der Waals surface area contributed by atoms with Crippen LogP contribution in [0, 0.1) is 5.82 Å². The van der Waals surface area contributed by atoms with E-state index in [1.54, 1.807) is 35.4 Å². The number of thiophene rings is 1. The van der Waals surface area contributed by atoms with Gasteiger partial charge in [-0.3, -0.25) is 4.99 Å². The van der Waals surface area contributed by atoms with Crippen LogP contribution in [0.3, 0.4) is 0 Å². The summed E-state index contributed by atoms with van der Waals surface area (Å²) >= 11 is 1.75. The van der Waals surface area contributed by atoms with Crippen molar-refractivity contribution in [3.63, 3.8) is 0 Å². The van der Waals surface area contributed by atoms with Crippen LogP contribution in [-0.4, -0.2) is 33.6 Å². The minimum absolute atomic E-state index is 0. The molecule has 132 valence electrons. The summed E-state index contributed by atoms with van der Waals surface area (Å²) in [6.07, 6.45) is 0.963. The third-order valence-corrected chi connectivity index (χ3v) is 4.36. The summed E-state index contributed by atoms with van der Waals surface area (Å²) in [6, 6.07) is 9.45. The van der Waals surface area contributed by atoms with Crippen molar-refractivity contribution in [2.45, 2.75) is 13.0 Å². The highest BCUT2D eigenvalue weighted by molar-refractivity contribution is 14.0. The zero-order chi connectivity index (χ0) is 16.7. The fourth-order valence-electron chi connectivity index (χ4n) is 2.19. The fourth-order valence-corrected chi connectivity index (χ4v) is 2.90. The van der Waals surface area contributed by atoms with E-state index < -0.39 is 0 Å². The first kappa shape index (κ1) is 20.7. The molecule has 0 bridgehead atoms. The van der Waals surface area contributed by atoms with Crippen LogP contribution in [0.25, 0.3) is 0 Å². The summed E-state index contributed by atoms with van der Waals surface area (Å²) in [5.41, 5.74) is 1.47. The molecule has 0 aliphatic heterocycles. The van der Waals surface area contributed by atoms with Gasteiger partial charge in [-0.25, -0.2) is 4.39 Å². The van der Waals surface area contributed by atoms with Crippen LogP contribution in [0.5, 0.6) is 0 Å². The number of hydrogen-bond donors (Lipinski definition) is 2. The molecule has 1 heterocycles. The largest absolute Gasteiger partial charge is 0.375 e. The third kappa shape index (κ3) is 6.27. The van der Waals surface area contributed by atoms with Gasteiger partial charge in [-0.15, -0.1) is 35.3 Å². The molecule has 0 atom stereocenters. The molecule has 0 saturated heterocycles. The van der Waals surface area contributed by atoms with E-state index in [-0.39, 0.29) is 29.8 Å². The highest BCUT2D eigenvalue weighted by atomic mass is 127. The Labute approximate surface area is 164 Å². The molecule has 0 amide bonds. The van der Waals surface area contributed by atoms with Crippen LogP contribution in [0.1, 0.15) is 10.4 Å². The van der Waals surface area contributed by atoms with Crippen LogP contribution in [-0.2, 0) is 13.0 Å². The average Bonchev–Trinajstić information content (AvgIpc) is 3.03. The SMILES string of the molecule is CN=C(NCCc1cccs1)NCc1ccc(N(C)C)c(F)c1.I. The number of guanidine groups is 1. The summed E-state index contributed by atoms with van der Waals surface area (Å²) in [7, 11) is 5.39. The second kappa shape index (κ2) is 10.5. The van der Waals surface area contributed by atoms with E-state index in [1.165, 1.54) is 4.88 Å². The lowest BCUT2D eigenvalue weighted by Gasteiger charge is -2.15. The molecule has 0 unspecified atom stereocenters. The van der Waals surface area contributed by atoms with Gasteiger partial charge in [-0.2, -0.15) is 0 Å². The number of hydrogen-bond acceptors (Lipinski definition) is 3. The molecule has 2 rings (SSSR count). The summed E-state index contributed by atoms with van der Waals surface area (Å²) in [5, 5.41) is 8.55. The summed E-state index contributed by atoms with van der Waals surface area (Å²) in [6.45, 7) is 1.34. The topological polar surface area (TPSA) is 39.7 Å². The number of halogens is 2. The summed E-state index contributed by atoms with van der Waals surface area (Å²) in [4.78, 5) is 7.29. The van der Waals surface area contributed by atoms with Crippen molar-refractivity contribution in [1.29, 1.82) is 0 Å². The molecular weight excluding hydrogens is 438 g/mol. The first-order chi connectivity index (χ1) is 11.1. The number of rotatable bonds is 6. The number of anilines is 1. The molecule has 0 aliphatic carbocycles. The second-order valence-corrected chi connectivity index (χ2v) is 6.39. The van der Waals surface area contributed by atoms with Crippen molar-refractivity contribution < 1.29 is 4.39 Å². The Morgan fingerprint density at radius 2 is 2.04 bits per heavy atom. The summed E-state index contributed by atoms with van der Waals surface area (Å²) < 4.78 is 14.0. The first-order valence-corrected chi connectivity index (χ1v) is 8.40. The molecule has 0 fully saturated rings. The molecule has 7 heteroatoms. The Bertz CT molecular complexity index is 644. The maximum Gasteiger partial charge on any atom is 0.191 e. The average molecular weight is 462 g/mol. The van der Waals surface area contributed by atoms with Crippen molar-refractivity contribution in [2.24, 2.45) is 4.99 Å². The normalized spacial score (nSPS) is 10.9. The molecule has 24 heavy (non-hydrogen) atoms. The van der Waals surface area contributed by atoms with Crippen molar-refractivity contribution in [2.75, 3.05) is 32.6 Å². The van der Waals surface area contributed by atoms with Crippen LogP contribution < -0.4 is 15.5 Å². The standard InChI is InChI=1S/C17H23FN4S.HI/c1-19-17(20-9-8-14-5-4-10-23-14)21-12-13-6-7-16(22(2)3)15(18)11-13;/h4-7,10-11H,8-9,12H2,1-3H3,(H2,19,20,21);1H. The second-order valence-electron chi connectivity index (χ2n) is 5.36. The van der Waals surface area contributed by atoms with Gasteiger partial charge in [0.2, 0.25) is 0 Å². The minimum Gasteiger partial charge on any atom is -0.375 e. The monoisotopic (exact) mass is 462 g/mol. The van der Waals surface area contributed by atoms with E-state index in [0.717, 1.165) is 24.5 Å². The quantitative estimate of drug-likeness (QED) is 0.393. The van der Waals surface area contributed by atoms with Crippen LogP contribution in [0.4, 0.5) is 10.1 Å². The molecule has 2 aromatic rings. The number of nitrogens with zero attached hydrogens (tertiary/aromatic N) is 2. The van der Waals surface area contributed by atoms with Crippen molar-refractivity contribution in [3.05, 3.63) is 52.0 Å². The lowest BCUT2D eigenvalue weighted by Crippen LogP contribution is -2.37. The van der Waals surface area contributed by atoms with E-state index in [4.69, 9.17) is 0 Å². The lowest BCUT2D eigenvalue weighted by atomic mass is 10.2. The Kier molecular flexibility index (Phi) is 9.05. The molecule has 0 radical (unpaired) electrons. The van der Waals surface area contributed by atoms with Gasteiger partial charge in [-0.1, -0.05) is 12.1 Å². The van der Waals surface area contributed by atoms with E-state index in [9.17, 15) is 4.39 Å². The predicted molar refractivity (Wildman–Crippen MR) is 112 cm³/mol. The smallest absolute Gasteiger partial charge is 0.191 e. The minimum atomic E-state index is -0.213. The van der Waals surface area contributed by atoms with Gasteiger partial charge in [0.25, 0.3) is 0 Å². The Morgan fingerprint density at radius 1 is 1.25 bits per heavy atom. The highest BCUT2D eigenvalue weighted by Crippen LogP contribution is 2.18. The molecule has 1 aromatic carbocycles. The molecule has 2 N–H and O–H groups in total. The Hall–Kier alpha value is -1.35. The molecule has 1 aromatic heterocycles. The van der Waals surface area contributed by atoms with Gasteiger partial charge in [0.1, 0.15) is 5.82 Å². The maximum atomic E-state index is 14.0. The van der Waals surface area contributed by atoms with Crippen molar-refractivity contribution in [3.8, 4) is 0 Å². The van der Waals surface area contributed by atoms with Gasteiger partial charge in [0.15, 0.2) is 5.96 Å². The van der Waals surface area contributed by atoms with Crippen molar-refractivity contribution >= 4 is 47.0 Å². The zero-order valence-electron chi connectivity index (χ0n) is 14.2. The van der Waals surface area contributed by atoms with E-state index in [0.29, 0.717) is 12.2 Å². The van der Waals surface area contributed by atoms with Gasteiger partial charge < -0.3 is 15.5 Å². The maximum absolute atomic E-state index is 14.0. The highest BCUT2D eigenvalue weighted by Gasteiger charge is 2.06. The number of aliphatic imine (C=N–C) groups is 1. The predicted octanol–water partition coefficient (Wildman–Crippen LogP) is 3.48. The van der Waals surface area contributed by atoms with Gasteiger partial charge in [-0.05, 0) is 35.6 Å². The molecule has 0 spiro atoms. The molecular formula is C17H24FIN4S. The van der Waals surface area contributed by atoms with Crippen LogP contribution in [0.15, 0.2) is 40.7 Å². The van der Waals surface area contributed by atoms with Gasteiger partial charge >= 0.3 is 0 Å². The van der Waals surface area contributed by atoms with E-state index in [1.807, 2.05) is 20.2 Å². The lowest BCUT2D eigenvalue weighted by molar-refractivity contribution is 0.623. The van der Waals surface area contributed by atoms with Crippen LogP contribution >= 0.6 is 35.3 Å². The fraction of sp³-hybridized carbons (Fsp3) is 0.353. The van der Waals surface area contributed by atoms with E-state index >= 15 is 0 Å². The van der Waals surface area contributed by atoms with Gasteiger partial charge in [0, 0.05) is 39.1 Å². The van der Waals surface area contributed by atoms with E-state index in [2.05, 4.69) is 33.1 Å². The molecule has 0 saturated carbocycles. The summed E-state index contributed by atoms with van der Waals surface area (Å²) in [5.74, 6) is 0.508. The van der Waals surface area contributed by atoms with Gasteiger partial charge in [0.05, 0.1) is 5.69 Å². The van der Waals surface area contributed by atoms with Crippen molar-refractivity contribution in [1.82, 2.24) is 10.6 Å².